The normalized spacial score (nSPS) is 26.1. The number of carbonyl (C=O) groups is 1. The van der Waals surface area contributed by atoms with E-state index in [1.807, 2.05) is 32.0 Å². The minimum atomic E-state index is -1.43. The van der Waals surface area contributed by atoms with Crippen molar-refractivity contribution in [2.75, 3.05) is 35.5 Å². The van der Waals surface area contributed by atoms with Crippen LogP contribution in [0.5, 0.6) is 40.2 Å². The number of ether oxygens (including phenoxy) is 6. The third-order valence-corrected chi connectivity index (χ3v) is 14.4. The molecular formula is C49H52N2O8. The van der Waals surface area contributed by atoms with Crippen molar-refractivity contribution in [1.29, 1.82) is 0 Å². The van der Waals surface area contributed by atoms with Crippen LogP contribution < -0.4 is 33.7 Å². The van der Waals surface area contributed by atoms with Crippen LogP contribution in [0.15, 0.2) is 42.5 Å². The predicted molar refractivity (Wildman–Crippen MR) is 227 cm³/mol. The van der Waals surface area contributed by atoms with E-state index < -0.39 is 11.2 Å². The third kappa shape index (κ3) is 4.78. The highest BCUT2D eigenvalue weighted by molar-refractivity contribution is 6.12. The van der Waals surface area contributed by atoms with Crippen LogP contribution in [0.4, 0.5) is 0 Å². The summed E-state index contributed by atoms with van der Waals surface area (Å²) in [6, 6.07) is 14.5. The lowest BCUT2D eigenvalue weighted by Gasteiger charge is -2.40. The molecule has 0 saturated carbocycles. The van der Waals surface area contributed by atoms with Gasteiger partial charge < -0.3 is 38.8 Å². The van der Waals surface area contributed by atoms with Crippen molar-refractivity contribution in [2.24, 2.45) is 0 Å². The van der Waals surface area contributed by atoms with Gasteiger partial charge in [0.15, 0.2) is 5.78 Å². The fourth-order valence-electron chi connectivity index (χ4n) is 11.7. The molecule has 6 atom stereocenters. The van der Waals surface area contributed by atoms with Gasteiger partial charge in [0.2, 0.25) is 0 Å². The molecule has 0 bridgehead atoms. The Balaban J connectivity index is 1.37. The van der Waals surface area contributed by atoms with Crippen molar-refractivity contribution in [3.63, 3.8) is 0 Å². The standard InChI is InChI=1S/C49H52N2O8/c1-22-14-28-29(42-30-16-23(2)50-25(4)40(30)37(56-10)19-33(42)52)18-32-47(44(28)36(15-22)55-9)59-48(6)49(32)21-34(53)45-35(54-8)13-12-27(46(45)49)43-31-17-24(3)51(7)26(5)41(31)38(57-11)20-39(43)58-48/h12-15,18-20,23-26,50,52H,16-17,21H2,1-11H3/t23-,24-,25-,26-,48+,49+/m1/s1. The smallest absolute Gasteiger partial charge is 0.262 e. The fraction of sp³-hybridized carbons (Fsp3) is 0.408. The number of aromatic hydroxyl groups is 1. The third-order valence-electron chi connectivity index (χ3n) is 14.4. The largest absolute Gasteiger partial charge is 0.507 e. The van der Waals surface area contributed by atoms with Crippen LogP contribution in [0.1, 0.15) is 102 Å². The highest BCUT2D eigenvalue weighted by Crippen LogP contribution is 2.68. The number of benzene rings is 5. The molecule has 59 heavy (non-hydrogen) atoms. The Hall–Kier alpha value is -5.45. The molecule has 0 aromatic heterocycles. The molecule has 1 aliphatic carbocycles. The van der Waals surface area contributed by atoms with Crippen molar-refractivity contribution in [3.05, 3.63) is 87.0 Å². The van der Waals surface area contributed by atoms with Gasteiger partial charge in [-0.3, -0.25) is 9.69 Å². The molecule has 10 heteroatoms. The summed E-state index contributed by atoms with van der Waals surface area (Å²) in [5.74, 6) is 2.38. The van der Waals surface area contributed by atoms with Gasteiger partial charge >= 0.3 is 0 Å². The number of aryl methyl sites for hydroxylation is 1. The minimum Gasteiger partial charge on any atom is -0.507 e. The van der Waals surface area contributed by atoms with Crippen molar-refractivity contribution in [3.8, 4) is 62.5 Å². The number of hydrogen-bond acceptors (Lipinski definition) is 10. The number of carbonyl (C=O) groups excluding carboxylic acids is 1. The van der Waals surface area contributed by atoms with E-state index in [0.29, 0.717) is 40.7 Å². The predicted octanol–water partition coefficient (Wildman–Crippen LogP) is 9.13. The maximum Gasteiger partial charge on any atom is 0.262 e. The van der Waals surface area contributed by atoms with Crippen LogP contribution in [-0.4, -0.2) is 69.1 Å². The molecule has 1 spiro atoms. The second-order valence-electron chi connectivity index (χ2n) is 17.5. The van der Waals surface area contributed by atoms with Gasteiger partial charge in [-0.05, 0) is 111 Å². The second-order valence-corrected chi connectivity index (χ2v) is 17.5. The molecule has 0 unspecified atom stereocenters. The van der Waals surface area contributed by atoms with Gasteiger partial charge in [0.25, 0.3) is 5.79 Å². The lowest BCUT2D eigenvalue weighted by molar-refractivity contribution is -0.120. The van der Waals surface area contributed by atoms with Gasteiger partial charge in [-0.25, -0.2) is 0 Å². The average Bonchev–Trinajstić information content (AvgIpc) is 3.62. The van der Waals surface area contributed by atoms with E-state index in [4.69, 9.17) is 28.4 Å². The average molecular weight is 797 g/mol. The van der Waals surface area contributed by atoms with Gasteiger partial charge in [0, 0.05) is 77.5 Å². The zero-order chi connectivity index (χ0) is 41.6. The van der Waals surface area contributed by atoms with Crippen molar-refractivity contribution in [2.45, 2.75) is 96.2 Å². The summed E-state index contributed by atoms with van der Waals surface area (Å²) in [6.45, 7) is 12.8. The van der Waals surface area contributed by atoms with E-state index in [1.54, 1.807) is 34.5 Å². The first-order chi connectivity index (χ1) is 28.2. The Morgan fingerprint density at radius 1 is 0.797 bits per heavy atom. The van der Waals surface area contributed by atoms with Crippen LogP contribution in [-0.2, 0) is 18.3 Å². The summed E-state index contributed by atoms with van der Waals surface area (Å²) in [5.41, 5.74) is 9.70. The van der Waals surface area contributed by atoms with Crippen LogP contribution in [0.3, 0.4) is 0 Å². The van der Waals surface area contributed by atoms with Gasteiger partial charge in [-0.1, -0.05) is 12.1 Å². The molecule has 0 radical (unpaired) electrons. The van der Waals surface area contributed by atoms with Crippen LogP contribution in [0, 0.1) is 6.92 Å². The fourth-order valence-corrected chi connectivity index (χ4v) is 11.7. The Bertz CT molecular complexity index is 2690. The number of rotatable bonds is 5. The molecule has 5 aromatic rings. The van der Waals surface area contributed by atoms with Gasteiger partial charge in [-0.15, -0.1) is 0 Å². The van der Waals surface area contributed by atoms with Gasteiger partial charge in [0.1, 0.15) is 45.7 Å². The first-order valence-electron chi connectivity index (χ1n) is 20.6. The lowest BCUT2D eigenvalue weighted by Crippen LogP contribution is -2.53. The molecule has 10 rings (SSSR count). The number of phenolic OH excluding ortho intramolecular Hbond substituents is 1. The molecule has 306 valence electrons. The SMILES string of the molecule is COc1ccc2c3c1C(=O)C[C@]31c3cc(-c4c(O)cc(OC)c5c4C[C@@H](C)N[C@@H]5C)c4cc(C)cc(OC)c4c3O[C@]1(C)Oc1cc(OC)c3c(c1-2)C[C@@H](C)N(C)[C@@H]3C. The zero-order valence-corrected chi connectivity index (χ0v) is 35.7. The second kappa shape index (κ2) is 12.8. The van der Waals surface area contributed by atoms with E-state index >= 15 is 0 Å². The maximum absolute atomic E-state index is 14.9. The number of Topliss-reactive ketones (excluding diaryl/α,β-unsaturated/α-hetero) is 1. The molecule has 4 heterocycles. The summed E-state index contributed by atoms with van der Waals surface area (Å²) in [4.78, 5) is 17.3. The quantitative estimate of drug-likeness (QED) is 0.179. The van der Waals surface area contributed by atoms with E-state index in [-0.39, 0.29) is 42.1 Å². The summed E-state index contributed by atoms with van der Waals surface area (Å²) in [7, 11) is 8.80. The van der Waals surface area contributed by atoms with E-state index in [9.17, 15) is 9.90 Å². The number of fused-ring (bicyclic) bond motifs is 8. The Labute approximate surface area is 345 Å². The van der Waals surface area contributed by atoms with Crippen molar-refractivity contribution < 1.29 is 38.3 Å². The summed E-state index contributed by atoms with van der Waals surface area (Å²) in [6.07, 6.45) is 1.50. The number of nitrogens with one attached hydrogen (secondary N) is 1. The summed E-state index contributed by atoms with van der Waals surface area (Å²) < 4.78 is 39.1. The topological polar surface area (TPSA) is 108 Å². The summed E-state index contributed by atoms with van der Waals surface area (Å²) in [5, 5.41) is 17.5. The van der Waals surface area contributed by atoms with Crippen molar-refractivity contribution in [1.82, 2.24) is 10.2 Å². The van der Waals surface area contributed by atoms with E-state index in [1.165, 1.54) is 0 Å². The number of phenols is 1. The maximum atomic E-state index is 14.9. The first kappa shape index (κ1) is 37.8. The number of likely N-dealkylation sites (N-methyl/N-ethyl adjacent to an activating group) is 1. The molecule has 0 saturated heterocycles. The molecule has 0 amide bonds. The summed E-state index contributed by atoms with van der Waals surface area (Å²) >= 11 is 0. The molecule has 2 N–H and O–H groups in total. The number of methoxy groups -OCH3 is 4. The van der Waals surface area contributed by atoms with Gasteiger partial charge in [0.05, 0.1) is 39.4 Å². The molecule has 0 fully saturated rings. The minimum absolute atomic E-state index is 0.0264. The number of ketones is 1. The van der Waals surface area contributed by atoms with Crippen molar-refractivity contribution >= 4 is 16.6 Å². The highest BCUT2D eigenvalue weighted by atomic mass is 16.7. The molecule has 10 nitrogen and oxygen atoms in total. The molecule has 5 aromatic carbocycles. The van der Waals surface area contributed by atoms with Gasteiger partial charge in [-0.2, -0.15) is 0 Å². The molecular weight excluding hydrogens is 745 g/mol. The molecule has 4 aliphatic heterocycles. The zero-order valence-electron chi connectivity index (χ0n) is 35.7. The van der Waals surface area contributed by atoms with Crippen LogP contribution >= 0.6 is 0 Å². The Kier molecular flexibility index (Phi) is 8.18. The lowest BCUT2D eigenvalue weighted by atomic mass is 9.68. The Morgan fingerprint density at radius 3 is 2.20 bits per heavy atom. The highest BCUT2D eigenvalue weighted by Gasteiger charge is 2.68. The first-order valence-corrected chi connectivity index (χ1v) is 20.6. The van der Waals surface area contributed by atoms with E-state index in [2.05, 4.69) is 63.2 Å². The van der Waals surface area contributed by atoms with Crippen LogP contribution in [0.25, 0.3) is 33.0 Å². The van der Waals surface area contributed by atoms with Crippen LogP contribution in [0.2, 0.25) is 0 Å². The number of hydrogen-bond donors (Lipinski definition) is 2. The monoisotopic (exact) mass is 796 g/mol. The van der Waals surface area contributed by atoms with E-state index in [0.717, 1.165) is 84.1 Å². The number of nitrogens with zero attached hydrogens (tertiary/aromatic N) is 1. The molecule has 5 aliphatic rings. The Morgan fingerprint density at radius 2 is 1.49 bits per heavy atom.